The van der Waals surface area contributed by atoms with Crippen LogP contribution in [-0.2, 0) is 14.3 Å². The zero-order valence-electron chi connectivity index (χ0n) is 11.6. The Balaban J connectivity index is 0.00000324. The molecule has 1 saturated heterocycles. The molecule has 0 aromatic carbocycles. The minimum absolute atomic E-state index is 0. The summed E-state index contributed by atoms with van der Waals surface area (Å²) in [7, 11) is 0. The lowest BCUT2D eigenvalue weighted by Gasteiger charge is -2.21. The van der Waals surface area contributed by atoms with Gasteiger partial charge in [0, 0.05) is 19.7 Å². The first-order chi connectivity index (χ1) is 8.52. The van der Waals surface area contributed by atoms with Gasteiger partial charge >= 0.3 is 0 Å². The van der Waals surface area contributed by atoms with Crippen molar-refractivity contribution in [3.63, 3.8) is 0 Å². The van der Waals surface area contributed by atoms with Crippen molar-refractivity contribution in [2.75, 3.05) is 32.8 Å². The summed E-state index contributed by atoms with van der Waals surface area (Å²) in [5.41, 5.74) is 5.69. The highest BCUT2D eigenvalue weighted by atomic mass is 35.5. The molecule has 19 heavy (non-hydrogen) atoms. The van der Waals surface area contributed by atoms with Gasteiger partial charge in [-0.05, 0) is 12.3 Å². The first kappa shape index (κ1) is 18.1. The first-order valence-electron chi connectivity index (χ1n) is 6.41. The number of carbonyl (C=O) groups is 2. The van der Waals surface area contributed by atoms with E-state index in [2.05, 4.69) is 5.32 Å². The average molecular weight is 294 g/mol. The fraction of sp³-hybridized carbons (Fsp3) is 0.833. The van der Waals surface area contributed by atoms with E-state index in [4.69, 9.17) is 10.5 Å². The topological polar surface area (TPSA) is 84.7 Å². The number of carbonyl (C=O) groups excluding carboxylic acids is 2. The lowest BCUT2D eigenvalue weighted by molar-refractivity contribution is -0.133. The number of hydrogen-bond donors (Lipinski definition) is 2. The van der Waals surface area contributed by atoms with E-state index in [1.807, 2.05) is 13.8 Å². The van der Waals surface area contributed by atoms with Gasteiger partial charge in [-0.3, -0.25) is 9.59 Å². The Morgan fingerprint density at radius 2 is 2.00 bits per heavy atom. The lowest BCUT2D eigenvalue weighted by atomic mass is 10.1. The summed E-state index contributed by atoms with van der Waals surface area (Å²) >= 11 is 0. The molecule has 112 valence electrons. The van der Waals surface area contributed by atoms with E-state index in [1.165, 1.54) is 0 Å². The highest BCUT2D eigenvalue weighted by molar-refractivity contribution is 5.87. The predicted molar refractivity (Wildman–Crippen MR) is 75.1 cm³/mol. The highest BCUT2D eigenvalue weighted by Gasteiger charge is 2.20. The third-order valence-corrected chi connectivity index (χ3v) is 3.01. The van der Waals surface area contributed by atoms with Crippen molar-refractivity contribution in [2.24, 2.45) is 11.7 Å². The van der Waals surface area contributed by atoms with Gasteiger partial charge in [0.25, 0.3) is 0 Å². The van der Waals surface area contributed by atoms with Gasteiger partial charge in [-0.1, -0.05) is 13.8 Å². The molecule has 7 heteroatoms. The van der Waals surface area contributed by atoms with Gasteiger partial charge in [0.1, 0.15) is 0 Å². The lowest BCUT2D eigenvalue weighted by Crippen LogP contribution is -2.48. The maximum absolute atomic E-state index is 11.9. The second kappa shape index (κ2) is 9.12. The summed E-state index contributed by atoms with van der Waals surface area (Å²) in [4.78, 5) is 25.2. The average Bonchev–Trinajstić information content (AvgIpc) is 2.63. The Labute approximate surface area is 120 Å². The Hall–Kier alpha value is -0.850. The van der Waals surface area contributed by atoms with Gasteiger partial charge in [-0.2, -0.15) is 0 Å². The van der Waals surface area contributed by atoms with E-state index in [-0.39, 0.29) is 36.7 Å². The molecule has 0 spiro atoms. The number of nitrogens with one attached hydrogen (secondary N) is 1. The van der Waals surface area contributed by atoms with Crippen molar-refractivity contribution in [3.05, 3.63) is 0 Å². The fourth-order valence-corrected chi connectivity index (χ4v) is 1.69. The standard InChI is InChI=1S/C12H23N3O3.ClH/c1-9(2)11(13)12(17)14-8-10(16)15-4-3-6-18-7-5-15;/h9,11H,3-8,13H2,1-2H3,(H,14,17);1H/t11-;/m0./s1. The predicted octanol–water partition coefficient (Wildman–Crippen LogP) is -0.243. The van der Waals surface area contributed by atoms with E-state index in [0.29, 0.717) is 26.3 Å². The van der Waals surface area contributed by atoms with E-state index in [0.717, 1.165) is 6.42 Å². The Bertz CT molecular complexity index is 292. The zero-order chi connectivity index (χ0) is 13.5. The third-order valence-electron chi connectivity index (χ3n) is 3.01. The molecule has 1 rings (SSSR count). The molecule has 1 atom stereocenters. The number of nitrogens with two attached hydrogens (primary N) is 1. The fourth-order valence-electron chi connectivity index (χ4n) is 1.69. The molecule has 0 aromatic heterocycles. The van der Waals surface area contributed by atoms with Crippen LogP contribution < -0.4 is 11.1 Å². The van der Waals surface area contributed by atoms with Crippen LogP contribution >= 0.6 is 12.4 Å². The molecular weight excluding hydrogens is 270 g/mol. The molecule has 3 N–H and O–H groups in total. The number of amides is 2. The second-order valence-electron chi connectivity index (χ2n) is 4.83. The number of rotatable bonds is 4. The van der Waals surface area contributed by atoms with Gasteiger partial charge in [-0.15, -0.1) is 12.4 Å². The smallest absolute Gasteiger partial charge is 0.242 e. The molecular formula is C12H24ClN3O3. The molecule has 1 fully saturated rings. The quantitative estimate of drug-likeness (QED) is 0.749. The molecule has 0 aromatic rings. The molecule has 0 aliphatic carbocycles. The van der Waals surface area contributed by atoms with Crippen LogP contribution in [0.5, 0.6) is 0 Å². The number of ether oxygens (including phenoxy) is 1. The van der Waals surface area contributed by atoms with Crippen molar-refractivity contribution < 1.29 is 14.3 Å². The van der Waals surface area contributed by atoms with E-state index in [9.17, 15) is 9.59 Å². The molecule has 0 unspecified atom stereocenters. The summed E-state index contributed by atoms with van der Waals surface area (Å²) < 4.78 is 5.27. The molecule has 1 aliphatic rings. The SMILES string of the molecule is CC(C)[C@H](N)C(=O)NCC(=O)N1CCCOCC1.Cl. The van der Waals surface area contributed by atoms with Crippen LogP contribution in [0.1, 0.15) is 20.3 Å². The van der Waals surface area contributed by atoms with Gasteiger partial charge in [0.15, 0.2) is 0 Å². The minimum atomic E-state index is -0.565. The third kappa shape index (κ3) is 6.22. The van der Waals surface area contributed by atoms with Gasteiger partial charge in [0.05, 0.1) is 19.2 Å². The van der Waals surface area contributed by atoms with Gasteiger partial charge in [0.2, 0.25) is 11.8 Å². The van der Waals surface area contributed by atoms with Crippen LogP contribution in [0.3, 0.4) is 0 Å². The van der Waals surface area contributed by atoms with E-state index in [1.54, 1.807) is 4.90 Å². The maximum atomic E-state index is 11.9. The minimum Gasteiger partial charge on any atom is -0.380 e. The molecule has 0 bridgehead atoms. The Morgan fingerprint density at radius 1 is 1.32 bits per heavy atom. The normalized spacial score (nSPS) is 17.4. The van der Waals surface area contributed by atoms with Gasteiger partial charge in [-0.25, -0.2) is 0 Å². The Kier molecular flexibility index (Phi) is 8.71. The highest BCUT2D eigenvalue weighted by Crippen LogP contribution is 2.00. The second-order valence-corrected chi connectivity index (χ2v) is 4.83. The van der Waals surface area contributed by atoms with Crippen LogP contribution in [0, 0.1) is 5.92 Å². The number of nitrogens with zero attached hydrogens (tertiary/aromatic N) is 1. The Morgan fingerprint density at radius 3 is 2.63 bits per heavy atom. The van der Waals surface area contributed by atoms with Crippen molar-refractivity contribution in [1.82, 2.24) is 10.2 Å². The monoisotopic (exact) mass is 293 g/mol. The van der Waals surface area contributed by atoms with E-state index < -0.39 is 6.04 Å². The maximum Gasteiger partial charge on any atom is 0.242 e. The summed E-state index contributed by atoms with van der Waals surface area (Å²) in [6.07, 6.45) is 0.838. The molecule has 1 aliphatic heterocycles. The largest absolute Gasteiger partial charge is 0.380 e. The summed E-state index contributed by atoms with van der Waals surface area (Å²) in [5, 5.41) is 2.59. The van der Waals surface area contributed by atoms with Crippen molar-refractivity contribution in [3.8, 4) is 0 Å². The number of hydrogen-bond acceptors (Lipinski definition) is 4. The molecule has 2 amide bonds. The van der Waals surface area contributed by atoms with Crippen molar-refractivity contribution >= 4 is 24.2 Å². The molecule has 1 heterocycles. The first-order valence-corrected chi connectivity index (χ1v) is 6.41. The van der Waals surface area contributed by atoms with Crippen LogP contribution in [-0.4, -0.2) is 55.6 Å². The van der Waals surface area contributed by atoms with Crippen molar-refractivity contribution in [2.45, 2.75) is 26.3 Å². The molecule has 0 radical (unpaired) electrons. The van der Waals surface area contributed by atoms with Gasteiger partial charge < -0.3 is 20.7 Å². The summed E-state index contributed by atoms with van der Waals surface area (Å²) in [5.74, 6) is -0.291. The molecule has 6 nitrogen and oxygen atoms in total. The zero-order valence-corrected chi connectivity index (χ0v) is 12.4. The van der Waals surface area contributed by atoms with E-state index >= 15 is 0 Å². The van der Waals surface area contributed by atoms with Crippen LogP contribution in [0.4, 0.5) is 0 Å². The summed E-state index contributed by atoms with van der Waals surface area (Å²) in [6, 6.07) is -0.565. The van der Waals surface area contributed by atoms with Crippen LogP contribution in [0.2, 0.25) is 0 Å². The summed E-state index contributed by atoms with van der Waals surface area (Å²) in [6.45, 7) is 6.28. The van der Waals surface area contributed by atoms with Crippen molar-refractivity contribution in [1.29, 1.82) is 0 Å². The van der Waals surface area contributed by atoms with Crippen LogP contribution in [0.25, 0.3) is 0 Å². The number of halogens is 1. The molecule has 0 saturated carbocycles. The van der Waals surface area contributed by atoms with Crippen LogP contribution in [0.15, 0.2) is 0 Å².